The second-order valence-electron chi connectivity index (χ2n) is 7.22. The maximum atomic E-state index is 13.1. The molecule has 0 saturated carbocycles. The molecule has 0 bridgehead atoms. The zero-order chi connectivity index (χ0) is 19.1. The van der Waals surface area contributed by atoms with Gasteiger partial charge >= 0.3 is 6.03 Å². The van der Waals surface area contributed by atoms with Gasteiger partial charge in [-0.1, -0.05) is 42.5 Å². The normalized spacial score (nSPS) is 21.1. The molecular formula is C21H18N4O3. The molecule has 5 rings (SSSR count). The van der Waals surface area contributed by atoms with E-state index in [1.165, 1.54) is 10.5 Å². The molecule has 28 heavy (non-hydrogen) atoms. The van der Waals surface area contributed by atoms with E-state index >= 15 is 0 Å². The van der Waals surface area contributed by atoms with E-state index < -0.39 is 11.6 Å². The first-order valence-corrected chi connectivity index (χ1v) is 9.23. The van der Waals surface area contributed by atoms with Crippen LogP contribution in [0.5, 0.6) is 0 Å². The summed E-state index contributed by atoms with van der Waals surface area (Å²) in [5.74, 6) is 0.367. The quantitative estimate of drug-likeness (QED) is 0.712. The lowest BCUT2D eigenvalue weighted by molar-refractivity contribution is -0.132. The largest absolute Gasteiger partial charge is 0.419 e. The fourth-order valence-electron chi connectivity index (χ4n) is 3.99. The first kappa shape index (κ1) is 16.7. The molecule has 2 heterocycles. The van der Waals surface area contributed by atoms with Gasteiger partial charge < -0.3 is 9.73 Å². The van der Waals surface area contributed by atoms with Gasteiger partial charge in [0.1, 0.15) is 12.1 Å². The van der Waals surface area contributed by atoms with Crippen LogP contribution in [0.15, 0.2) is 59.0 Å². The predicted molar refractivity (Wildman–Crippen MR) is 100 cm³/mol. The Morgan fingerprint density at radius 3 is 2.57 bits per heavy atom. The summed E-state index contributed by atoms with van der Waals surface area (Å²) >= 11 is 0. The number of urea groups is 1. The van der Waals surface area contributed by atoms with Gasteiger partial charge in [0.2, 0.25) is 11.8 Å². The van der Waals surface area contributed by atoms with E-state index in [-0.39, 0.29) is 18.3 Å². The Kier molecular flexibility index (Phi) is 3.75. The summed E-state index contributed by atoms with van der Waals surface area (Å²) in [4.78, 5) is 26.9. The summed E-state index contributed by atoms with van der Waals surface area (Å²) in [7, 11) is 0. The molecule has 7 heteroatoms. The van der Waals surface area contributed by atoms with Gasteiger partial charge in [0.05, 0.1) is 0 Å². The smallest absolute Gasteiger partial charge is 0.325 e. The van der Waals surface area contributed by atoms with Crippen molar-refractivity contribution >= 4 is 11.9 Å². The zero-order valence-electron chi connectivity index (χ0n) is 15.1. The van der Waals surface area contributed by atoms with Crippen molar-refractivity contribution in [3.63, 3.8) is 0 Å². The molecule has 3 amide bonds. The van der Waals surface area contributed by atoms with E-state index in [2.05, 4.69) is 21.6 Å². The summed E-state index contributed by atoms with van der Waals surface area (Å²) in [5, 5.41) is 10.9. The minimum absolute atomic E-state index is 0.0338. The van der Waals surface area contributed by atoms with Crippen LogP contribution in [-0.2, 0) is 24.2 Å². The maximum absolute atomic E-state index is 13.1. The molecular weight excluding hydrogens is 356 g/mol. The van der Waals surface area contributed by atoms with Gasteiger partial charge in [-0.25, -0.2) is 4.79 Å². The summed E-state index contributed by atoms with van der Waals surface area (Å²) in [5.41, 5.74) is 2.25. The molecule has 7 nitrogen and oxygen atoms in total. The highest BCUT2D eigenvalue weighted by Crippen LogP contribution is 2.34. The molecule has 140 valence electrons. The first-order valence-electron chi connectivity index (χ1n) is 9.23. The zero-order valence-corrected chi connectivity index (χ0v) is 15.1. The Bertz CT molecular complexity index is 1060. The summed E-state index contributed by atoms with van der Waals surface area (Å²) < 4.78 is 5.66. The van der Waals surface area contributed by atoms with E-state index in [9.17, 15) is 9.59 Å². The van der Waals surface area contributed by atoms with Crippen molar-refractivity contribution < 1.29 is 14.0 Å². The number of aromatic nitrogens is 2. The van der Waals surface area contributed by atoms with Crippen LogP contribution in [0.1, 0.15) is 23.4 Å². The Labute approximate surface area is 161 Å². The number of fused-ring (bicyclic) bond motifs is 1. The van der Waals surface area contributed by atoms with Gasteiger partial charge in [-0.15, -0.1) is 10.2 Å². The van der Waals surface area contributed by atoms with Crippen LogP contribution in [0.25, 0.3) is 11.5 Å². The lowest BCUT2D eigenvalue weighted by Crippen LogP contribution is -2.51. The standard InChI is InChI=1S/C21H18N4O3/c26-19-21(11-10-14-6-4-5-9-16(14)12-21)22-20(27)25(19)13-17-23-24-18(28-17)15-7-2-1-3-8-15/h1-9H,10-13H2,(H,22,27). The maximum Gasteiger partial charge on any atom is 0.325 e. The number of nitrogens with zero attached hydrogens (tertiary/aromatic N) is 3. The number of benzene rings is 2. The van der Waals surface area contributed by atoms with Crippen molar-refractivity contribution in [2.45, 2.75) is 31.3 Å². The summed E-state index contributed by atoms with van der Waals surface area (Å²) in [6, 6.07) is 17.0. The number of nitrogens with one attached hydrogen (secondary N) is 1. The summed E-state index contributed by atoms with van der Waals surface area (Å²) in [6.45, 7) is -0.0338. The van der Waals surface area contributed by atoms with E-state index in [0.717, 1.165) is 17.5 Å². The number of imide groups is 1. The number of hydrogen-bond acceptors (Lipinski definition) is 5. The molecule has 2 aliphatic rings. The Hall–Kier alpha value is -3.48. The predicted octanol–water partition coefficient (Wildman–Crippen LogP) is 2.72. The van der Waals surface area contributed by atoms with Crippen molar-refractivity contribution in [2.75, 3.05) is 0 Å². The van der Waals surface area contributed by atoms with Gasteiger partial charge in [0, 0.05) is 12.0 Å². The van der Waals surface area contributed by atoms with Crippen LogP contribution < -0.4 is 5.32 Å². The highest BCUT2D eigenvalue weighted by Gasteiger charge is 2.52. The highest BCUT2D eigenvalue weighted by atomic mass is 16.4. The van der Waals surface area contributed by atoms with Crippen LogP contribution in [0, 0.1) is 0 Å². The average Bonchev–Trinajstić information content (AvgIpc) is 3.28. The number of carbonyl (C=O) groups excluding carboxylic acids is 2. The molecule has 1 aliphatic carbocycles. The topological polar surface area (TPSA) is 88.3 Å². The van der Waals surface area contributed by atoms with Crippen LogP contribution in [0.3, 0.4) is 0 Å². The highest BCUT2D eigenvalue weighted by molar-refractivity contribution is 6.07. The molecule has 1 aliphatic heterocycles. The molecule has 3 aromatic rings. The van der Waals surface area contributed by atoms with E-state index in [4.69, 9.17) is 4.42 Å². The van der Waals surface area contributed by atoms with E-state index in [1.54, 1.807) is 0 Å². The number of rotatable bonds is 3. The third kappa shape index (κ3) is 2.67. The third-order valence-electron chi connectivity index (χ3n) is 5.46. The lowest BCUT2D eigenvalue weighted by atomic mass is 9.78. The van der Waals surface area contributed by atoms with Crippen LogP contribution in [0.2, 0.25) is 0 Å². The van der Waals surface area contributed by atoms with Gasteiger partial charge in [-0.3, -0.25) is 9.69 Å². The fraction of sp³-hybridized carbons (Fsp3) is 0.238. The second kappa shape index (κ2) is 6.30. The SMILES string of the molecule is O=C1NC2(CCc3ccccc3C2)C(=O)N1Cc1nnc(-c2ccccc2)o1. The number of carbonyl (C=O) groups is 2. The molecule has 1 unspecified atom stereocenters. The number of amides is 3. The van der Waals surface area contributed by atoms with Crippen molar-refractivity contribution in [3.05, 3.63) is 71.6 Å². The third-order valence-corrected chi connectivity index (χ3v) is 5.46. The molecule has 1 atom stereocenters. The van der Waals surface area contributed by atoms with Gasteiger partial charge in [-0.05, 0) is 36.1 Å². The number of hydrogen-bond donors (Lipinski definition) is 1. The molecule has 0 radical (unpaired) electrons. The minimum atomic E-state index is -0.881. The fourth-order valence-corrected chi connectivity index (χ4v) is 3.99. The van der Waals surface area contributed by atoms with Gasteiger partial charge in [0.15, 0.2) is 0 Å². The van der Waals surface area contributed by atoms with Gasteiger partial charge in [-0.2, -0.15) is 0 Å². The second-order valence-corrected chi connectivity index (χ2v) is 7.22. The van der Waals surface area contributed by atoms with E-state index in [1.807, 2.05) is 48.5 Å². The Balaban J connectivity index is 1.37. The lowest BCUT2D eigenvalue weighted by Gasteiger charge is -2.32. The molecule has 1 saturated heterocycles. The Morgan fingerprint density at radius 1 is 1.00 bits per heavy atom. The van der Waals surface area contributed by atoms with Crippen molar-refractivity contribution in [2.24, 2.45) is 0 Å². The van der Waals surface area contributed by atoms with E-state index in [0.29, 0.717) is 18.7 Å². The summed E-state index contributed by atoms with van der Waals surface area (Å²) in [6.07, 6.45) is 1.85. The van der Waals surface area contributed by atoms with Crippen molar-refractivity contribution in [1.82, 2.24) is 20.4 Å². The van der Waals surface area contributed by atoms with Crippen LogP contribution in [0.4, 0.5) is 4.79 Å². The minimum Gasteiger partial charge on any atom is -0.419 e. The first-order chi connectivity index (χ1) is 13.6. The molecule has 1 spiro atoms. The average molecular weight is 374 g/mol. The molecule has 1 aromatic heterocycles. The number of aryl methyl sites for hydroxylation is 1. The Morgan fingerprint density at radius 2 is 1.75 bits per heavy atom. The van der Waals surface area contributed by atoms with Crippen LogP contribution >= 0.6 is 0 Å². The monoisotopic (exact) mass is 374 g/mol. The molecule has 2 aromatic carbocycles. The molecule has 1 N–H and O–H groups in total. The van der Waals surface area contributed by atoms with Crippen molar-refractivity contribution in [1.29, 1.82) is 0 Å². The van der Waals surface area contributed by atoms with Crippen LogP contribution in [-0.4, -0.2) is 32.6 Å². The molecule has 1 fully saturated rings. The van der Waals surface area contributed by atoms with Crippen molar-refractivity contribution in [3.8, 4) is 11.5 Å². The van der Waals surface area contributed by atoms with Gasteiger partial charge in [0.25, 0.3) is 5.91 Å².